The second-order valence-corrected chi connectivity index (χ2v) is 3.37. The van der Waals surface area contributed by atoms with E-state index in [9.17, 15) is 4.79 Å². The number of carboxylic acids is 1. The highest BCUT2D eigenvalue weighted by Crippen LogP contribution is 2.03. The van der Waals surface area contributed by atoms with E-state index in [1.54, 1.807) is 0 Å². The van der Waals surface area contributed by atoms with Crippen LogP contribution >= 0.6 is 34.8 Å². The zero-order valence-corrected chi connectivity index (χ0v) is 9.20. The number of aliphatic carboxylic acids is 1. The second kappa shape index (κ2) is 17.4. The number of alkyl halides is 3. The third kappa shape index (κ3) is 81.8. The molecule has 0 saturated heterocycles. The summed E-state index contributed by atoms with van der Waals surface area (Å²) in [5, 5.41) is 14.9. The number of rotatable bonds is 2. The minimum Gasteiger partial charge on any atom is -0.481 e. The van der Waals surface area contributed by atoms with E-state index in [4.69, 9.17) is 45.0 Å². The van der Waals surface area contributed by atoms with Crippen molar-refractivity contribution in [2.24, 2.45) is 0 Å². The van der Waals surface area contributed by atoms with Crippen LogP contribution in [0.5, 0.6) is 0 Å². The van der Waals surface area contributed by atoms with Gasteiger partial charge in [-0.15, -0.1) is 0 Å². The Morgan fingerprint density at radius 1 is 1.33 bits per heavy atom. The second-order valence-electron chi connectivity index (χ2n) is 1.39. The van der Waals surface area contributed by atoms with Crippen molar-refractivity contribution in [2.75, 3.05) is 7.11 Å². The molecule has 0 aliphatic heterocycles. The van der Waals surface area contributed by atoms with E-state index in [-0.39, 0.29) is 0 Å². The normalized spacial score (nSPS) is 7.58. The van der Waals surface area contributed by atoms with Crippen LogP contribution in [0.2, 0.25) is 0 Å². The Bertz CT molecular complexity index is 85.4. The summed E-state index contributed by atoms with van der Waals surface area (Å²) < 4.78 is -0.750. The Balaban J connectivity index is -0.000000118. The van der Waals surface area contributed by atoms with Gasteiger partial charge in [0.05, 0.1) is 0 Å². The standard InChI is InChI=1S/C4H8O2.CHCl3.CH4O/c1-2-3-4(5)6;2-1(3)4;1-2/h2-3H2,1H3,(H,5,6);1H;2H,1H3. The first-order chi connectivity index (χ1) is 5.50. The van der Waals surface area contributed by atoms with Gasteiger partial charge >= 0.3 is 5.97 Å². The zero-order chi connectivity index (χ0) is 10.6. The lowest BCUT2D eigenvalue weighted by molar-refractivity contribution is -0.137. The van der Waals surface area contributed by atoms with Gasteiger partial charge in [0.15, 0.2) is 4.30 Å². The molecule has 0 aromatic carbocycles. The molecule has 0 aromatic rings. The van der Waals surface area contributed by atoms with Gasteiger partial charge in [0, 0.05) is 13.5 Å². The van der Waals surface area contributed by atoms with Gasteiger partial charge in [-0.1, -0.05) is 41.7 Å². The van der Waals surface area contributed by atoms with Crippen molar-refractivity contribution in [1.29, 1.82) is 0 Å². The number of carbonyl (C=O) groups is 1. The number of halogens is 3. The fourth-order valence-corrected chi connectivity index (χ4v) is 0.214. The monoisotopic (exact) mass is 238 g/mol. The lowest BCUT2D eigenvalue weighted by Gasteiger charge is -1.79. The molecule has 0 radical (unpaired) electrons. The van der Waals surface area contributed by atoms with Gasteiger partial charge in [-0.3, -0.25) is 4.79 Å². The van der Waals surface area contributed by atoms with Crippen molar-refractivity contribution in [3.63, 3.8) is 0 Å². The quantitative estimate of drug-likeness (QED) is 0.728. The summed E-state index contributed by atoms with van der Waals surface area (Å²) in [6.07, 6.45) is 1.02. The van der Waals surface area contributed by atoms with E-state index in [1.807, 2.05) is 6.92 Å². The molecule has 0 amide bonds. The van der Waals surface area contributed by atoms with E-state index < -0.39 is 10.3 Å². The number of carboxylic acid groups (broad SMARTS) is 1. The molecule has 3 nitrogen and oxygen atoms in total. The summed E-state index contributed by atoms with van der Waals surface area (Å²) in [6, 6.07) is 0. The maximum atomic E-state index is 9.60. The Hall–Kier alpha value is 0.300. The highest BCUT2D eigenvalue weighted by atomic mass is 35.6. The topological polar surface area (TPSA) is 57.5 Å². The first-order valence-electron chi connectivity index (χ1n) is 3.09. The Labute approximate surface area is 87.2 Å². The fraction of sp³-hybridized carbons (Fsp3) is 0.833. The fourth-order valence-electron chi connectivity index (χ4n) is 0.214. The SMILES string of the molecule is CCCC(=O)O.CO.ClC(Cl)Cl. The molecule has 6 heteroatoms. The molecule has 0 aromatic heterocycles. The lowest BCUT2D eigenvalue weighted by atomic mass is 10.4. The van der Waals surface area contributed by atoms with Gasteiger partial charge in [-0.2, -0.15) is 0 Å². The van der Waals surface area contributed by atoms with Crippen LogP contribution in [0.4, 0.5) is 0 Å². The first kappa shape index (κ1) is 18.2. The highest BCUT2D eigenvalue weighted by Gasteiger charge is 1.87. The molecule has 0 heterocycles. The van der Waals surface area contributed by atoms with Crippen molar-refractivity contribution in [3.8, 4) is 0 Å². The van der Waals surface area contributed by atoms with Crippen LogP contribution in [0, 0.1) is 0 Å². The van der Waals surface area contributed by atoms with Gasteiger partial charge in [-0.25, -0.2) is 0 Å². The zero-order valence-electron chi connectivity index (χ0n) is 6.93. The maximum absolute atomic E-state index is 9.60. The molecule has 0 saturated carbocycles. The van der Waals surface area contributed by atoms with Gasteiger partial charge < -0.3 is 10.2 Å². The summed E-state index contributed by atoms with van der Waals surface area (Å²) in [6.45, 7) is 1.84. The average molecular weight is 240 g/mol. The molecule has 76 valence electrons. The summed E-state index contributed by atoms with van der Waals surface area (Å²) in [4.78, 5) is 9.60. The van der Waals surface area contributed by atoms with Crippen molar-refractivity contribution >= 4 is 40.8 Å². The number of aliphatic hydroxyl groups excluding tert-OH is 1. The summed E-state index contributed by atoms with van der Waals surface area (Å²) >= 11 is 14.4. The molecule has 0 aliphatic rings. The van der Waals surface area contributed by atoms with Crippen LogP contribution in [0.1, 0.15) is 19.8 Å². The number of hydrogen-bond acceptors (Lipinski definition) is 2. The van der Waals surface area contributed by atoms with Gasteiger partial charge in [-0.05, 0) is 6.42 Å². The van der Waals surface area contributed by atoms with Crippen LogP contribution in [0.3, 0.4) is 0 Å². The molecule has 0 fully saturated rings. The third-order valence-corrected chi connectivity index (χ3v) is 0.464. The van der Waals surface area contributed by atoms with Crippen molar-refractivity contribution in [1.82, 2.24) is 0 Å². The van der Waals surface area contributed by atoms with Gasteiger partial charge in [0.25, 0.3) is 0 Å². The van der Waals surface area contributed by atoms with Crippen LogP contribution in [-0.2, 0) is 4.79 Å². The number of aliphatic hydroxyl groups is 1. The average Bonchev–Trinajstić information content (AvgIpc) is 1.90. The minimum atomic E-state index is -0.750. The Kier molecular flexibility index (Phi) is 26.3. The van der Waals surface area contributed by atoms with E-state index >= 15 is 0 Å². The van der Waals surface area contributed by atoms with Crippen molar-refractivity contribution in [2.45, 2.75) is 24.1 Å². The van der Waals surface area contributed by atoms with E-state index in [0.29, 0.717) is 6.42 Å². The predicted molar refractivity (Wildman–Crippen MR) is 52.0 cm³/mol. The molecule has 0 spiro atoms. The van der Waals surface area contributed by atoms with E-state index in [0.717, 1.165) is 13.5 Å². The molecular formula is C6H13Cl3O3. The van der Waals surface area contributed by atoms with Gasteiger partial charge in [0.2, 0.25) is 0 Å². The highest BCUT2D eigenvalue weighted by molar-refractivity contribution is 6.63. The van der Waals surface area contributed by atoms with Gasteiger partial charge in [0.1, 0.15) is 0 Å². The maximum Gasteiger partial charge on any atom is 0.303 e. The molecular weight excluding hydrogens is 226 g/mol. The number of hydrogen-bond donors (Lipinski definition) is 2. The molecule has 0 rings (SSSR count). The third-order valence-electron chi connectivity index (χ3n) is 0.464. The molecule has 12 heavy (non-hydrogen) atoms. The Morgan fingerprint density at radius 3 is 1.58 bits per heavy atom. The molecule has 0 aliphatic carbocycles. The smallest absolute Gasteiger partial charge is 0.303 e. The van der Waals surface area contributed by atoms with Crippen LogP contribution < -0.4 is 0 Å². The van der Waals surface area contributed by atoms with Crippen LogP contribution in [0.15, 0.2) is 0 Å². The first-order valence-corrected chi connectivity index (χ1v) is 4.40. The van der Waals surface area contributed by atoms with E-state index in [1.165, 1.54) is 0 Å². The summed E-state index contributed by atoms with van der Waals surface area (Å²) in [5.41, 5.74) is 0. The predicted octanol–water partition coefficient (Wildman–Crippen LogP) is 2.47. The summed E-state index contributed by atoms with van der Waals surface area (Å²) in [5.74, 6) is -0.711. The Morgan fingerprint density at radius 2 is 1.58 bits per heavy atom. The summed E-state index contributed by atoms with van der Waals surface area (Å²) in [7, 11) is 1.00. The largest absolute Gasteiger partial charge is 0.481 e. The minimum absolute atomic E-state index is 0.292. The molecule has 0 bridgehead atoms. The lowest BCUT2D eigenvalue weighted by Crippen LogP contribution is -1.90. The van der Waals surface area contributed by atoms with Crippen LogP contribution in [0.25, 0.3) is 0 Å². The van der Waals surface area contributed by atoms with Crippen molar-refractivity contribution in [3.05, 3.63) is 0 Å². The van der Waals surface area contributed by atoms with Crippen molar-refractivity contribution < 1.29 is 15.0 Å². The van der Waals surface area contributed by atoms with Crippen LogP contribution in [-0.4, -0.2) is 27.6 Å². The van der Waals surface area contributed by atoms with E-state index in [2.05, 4.69) is 0 Å². The molecule has 0 atom stereocenters. The molecule has 0 unspecified atom stereocenters. The molecule has 2 N–H and O–H groups in total.